The molecule has 1 saturated heterocycles. The molecule has 0 saturated carbocycles. The Kier molecular flexibility index (Phi) is 3.63. The highest BCUT2D eigenvalue weighted by molar-refractivity contribution is 5.86. The van der Waals surface area contributed by atoms with Gasteiger partial charge in [0.2, 0.25) is 5.79 Å². The molecule has 0 aromatic rings. The molecule has 0 aromatic heterocycles. The van der Waals surface area contributed by atoms with Crippen LogP contribution in [0.4, 0.5) is 0 Å². The van der Waals surface area contributed by atoms with E-state index in [9.17, 15) is 9.59 Å². The Morgan fingerprint density at radius 3 is 2.73 bits per heavy atom. The highest BCUT2D eigenvalue weighted by Gasteiger charge is 2.41. The summed E-state index contributed by atoms with van der Waals surface area (Å²) in [5.41, 5.74) is 0. The number of ketones is 1. The van der Waals surface area contributed by atoms with Crippen LogP contribution in [0, 0.1) is 0 Å². The smallest absolute Gasteiger partial charge is 0.338 e. The van der Waals surface area contributed by atoms with Crippen molar-refractivity contribution in [3.8, 4) is 0 Å². The van der Waals surface area contributed by atoms with Crippen molar-refractivity contribution in [2.75, 3.05) is 0 Å². The molecule has 1 unspecified atom stereocenters. The lowest BCUT2D eigenvalue weighted by Crippen LogP contribution is -2.23. The van der Waals surface area contributed by atoms with Gasteiger partial charge in [-0.05, 0) is 6.42 Å². The zero-order valence-corrected chi connectivity index (χ0v) is 9.12. The largest absolute Gasteiger partial charge is 0.432 e. The van der Waals surface area contributed by atoms with Crippen LogP contribution >= 0.6 is 0 Å². The Morgan fingerprint density at radius 2 is 2.27 bits per heavy atom. The van der Waals surface area contributed by atoms with Crippen molar-refractivity contribution in [2.24, 2.45) is 0 Å². The van der Waals surface area contributed by atoms with Crippen LogP contribution in [0.2, 0.25) is 0 Å². The van der Waals surface area contributed by atoms with Gasteiger partial charge in [-0.25, -0.2) is 4.79 Å². The van der Waals surface area contributed by atoms with E-state index in [1.807, 2.05) is 0 Å². The van der Waals surface area contributed by atoms with Crippen LogP contribution in [0.3, 0.4) is 0 Å². The standard InChI is InChI=1S/C11H16O4/c1-4-5-6-8(12)7-9-10(13)15-11(2,3)14-9/h4,9H,1,5-7H2,2-3H3. The van der Waals surface area contributed by atoms with Crippen LogP contribution in [0.25, 0.3) is 0 Å². The van der Waals surface area contributed by atoms with Crippen molar-refractivity contribution in [3.05, 3.63) is 12.7 Å². The van der Waals surface area contributed by atoms with E-state index in [0.717, 1.165) is 0 Å². The SMILES string of the molecule is C=CCCC(=O)CC1OC(C)(C)OC1=O. The first-order valence-electron chi connectivity index (χ1n) is 4.98. The topological polar surface area (TPSA) is 52.6 Å². The molecule has 1 heterocycles. The molecule has 0 bridgehead atoms. The molecule has 4 heteroatoms. The minimum Gasteiger partial charge on any atom is -0.432 e. The van der Waals surface area contributed by atoms with Gasteiger partial charge in [0.25, 0.3) is 0 Å². The maximum atomic E-state index is 11.4. The van der Waals surface area contributed by atoms with Crippen LogP contribution in [0.1, 0.15) is 33.1 Å². The zero-order valence-electron chi connectivity index (χ0n) is 9.12. The third kappa shape index (κ3) is 3.47. The third-order valence-corrected chi connectivity index (χ3v) is 2.08. The number of esters is 1. The number of carbonyl (C=O) groups is 2. The molecule has 0 aliphatic carbocycles. The minimum atomic E-state index is -0.902. The Hall–Kier alpha value is -1.16. The molecule has 0 N–H and O–H groups in total. The first-order chi connectivity index (χ1) is 6.94. The van der Waals surface area contributed by atoms with E-state index in [1.54, 1.807) is 19.9 Å². The number of cyclic esters (lactones) is 1. The van der Waals surface area contributed by atoms with Gasteiger partial charge in [0.15, 0.2) is 6.10 Å². The van der Waals surface area contributed by atoms with Gasteiger partial charge in [0, 0.05) is 26.7 Å². The summed E-state index contributed by atoms with van der Waals surface area (Å²) in [4.78, 5) is 22.7. The van der Waals surface area contributed by atoms with E-state index < -0.39 is 17.9 Å². The van der Waals surface area contributed by atoms with Crippen LogP contribution in [-0.4, -0.2) is 23.6 Å². The predicted molar refractivity (Wildman–Crippen MR) is 54.1 cm³/mol. The summed E-state index contributed by atoms with van der Waals surface area (Å²) in [5, 5.41) is 0. The van der Waals surface area contributed by atoms with Crippen molar-refractivity contribution in [2.45, 2.75) is 45.0 Å². The molecular weight excluding hydrogens is 196 g/mol. The third-order valence-electron chi connectivity index (χ3n) is 2.08. The predicted octanol–water partition coefficient (Wildman–Crippen LogP) is 1.59. The van der Waals surface area contributed by atoms with Crippen molar-refractivity contribution in [1.82, 2.24) is 0 Å². The number of allylic oxidation sites excluding steroid dienone is 1. The monoisotopic (exact) mass is 212 g/mol. The summed E-state index contributed by atoms with van der Waals surface area (Å²) in [6.07, 6.45) is 2.06. The van der Waals surface area contributed by atoms with Gasteiger partial charge < -0.3 is 9.47 Å². The average molecular weight is 212 g/mol. The highest BCUT2D eigenvalue weighted by atomic mass is 16.8. The van der Waals surface area contributed by atoms with Crippen molar-refractivity contribution in [1.29, 1.82) is 0 Å². The van der Waals surface area contributed by atoms with Crippen molar-refractivity contribution < 1.29 is 19.1 Å². The normalized spacial score (nSPS) is 23.6. The molecule has 4 nitrogen and oxygen atoms in total. The lowest BCUT2D eigenvalue weighted by atomic mass is 10.1. The lowest BCUT2D eigenvalue weighted by molar-refractivity contribution is -0.160. The number of hydrogen-bond acceptors (Lipinski definition) is 4. The fraction of sp³-hybridized carbons (Fsp3) is 0.636. The summed E-state index contributed by atoms with van der Waals surface area (Å²) < 4.78 is 10.2. The highest BCUT2D eigenvalue weighted by Crippen LogP contribution is 2.25. The Morgan fingerprint density at radius 1 is 1.60 bits per heavy atom. The van der Waals surface area contributed by atoms with E-state index in [4.69, 9.17) is 9.47 Å². The fourth-order valence-electron chi connectivity index (χ4n) is 1.42. The average Bonchev–Trinajstić information content (AvgIpc) is 2.36. The quantitative estimate of drug-likeness (QED) is 0.513. The molecule has 0 aromatic carbocycles. The Bertz CT molecular complexity index is 280. The fourth-order valence-corrected chi connectivity index (χ4v) is 1.42. The van der Waals surface area contributed by atoms with Crippen LogP contribution in [0.15, 0.2) is 12.7 Å². The van der Waals surface area contributed by atoms with E-state index >= 15 is 0 Å². The second-order valence-electron chi connectivity index (χ2n) is 4.00. The van der Waals surface area contributed by atoms with Crippen molar-refractivity contribution >= 4 is 11.8 Å². The van der Waals surface area contributed by atoms with Crippen LogP contribution < -0.4 is 0 Å². The lowest BCUT2D eigenvalue weighted by Gasteiger charge is -2.14. The number of hydrogen-bond donors (Lipinski definition) is 0. The van der Waals surface area contributed by atoms with Crippen molar-refractivity contribution in [3.63, 3.8) is 0 Å². The molecule has 15 heavy (non-hydrogen) atoms. The number of Topliss-reactive ketones (excluding diaryl/α,β-unsaturated/α-hetero) is 1. The Balaban J connectivity index is 2.42. The molecule has 0 radical (unpaired) electrons. The second kappa shape index (κ2) is 4.57. The van der Waals surface area contributed by atoms with E-state index in [0.29, 0.717) is 12.8 Å². The summed E-state index contributed by atoms with van der Waals surface area (Å²) >= 11 is 0. The van der Waals surface area contributed by atoms with Gasteiger partial charge in [-0.3, -0.25) is 4.79 Å². The molecule has 1 rings (SSSR count). The summed E-state index contributed by atoms with van der Waals surface area (Å²) in [6.45, 7) is 6.83. The number of carbonyl (C=O) groups excluding carboxylic acids is 2. The summed E-state index contributed by atoms with van der Waals surface area (Å²) in [5.74, 6) is -1.36. The number of ether oxygens (including phenoxy) is 2. The van der Waals surface area contributed by atoms with Gasteiger partial charge in [0.05, 0.1) is 0 Å². The summed E-state index contributed by atoms with van der Waals surface area (Å²) in [7, 11) is 0. The van der Waals surface area contributed by atoms with Crippen LogP contribution in [-0.2, 0) is 19.1 Å². The van der Waals surface area contributed by atoms with Crippen LogP contribution in [0.5, 0.6) is 0 Å². The first kappa shape index (κ1) is 11.9. The molecule has 0 amide bonds. The maximum absolute atomic E-state index is 11.4. The molecule has 1 aliphatic heterocycles. The molecular formula is C11H16O4. The van der Waals surface area contributed by atoms with E-state index in [1.165, 1.54) is 0 Å². The van der Waals surface area contributed by atoms with Gasteiger partial charge in [-0.1, -0.05) is 6.08 Å². The Labute approximate surface area is 89.2 Å². The zero-order chi connectivity index (χ0) is 11.5. The maximum Gasteiger partial charge on any atom is 0.338 e. The number of rotatable bonds is 5. The molecule has 1 fully saturated rings. The molecule has 1 aliphatic rings. The first-order valence-corrected chi connectivity index (χ1v) is 4.98. The van der Waals surface area contributed by atoms with Gasteiger partial charge in [0.1, 0.15) is 5.78 Å². The second-order valence-corrected chi connectivity index (χ2v) is 4.00. The molecule has 1 atom stereocenters. The molecule has 0 spiro atoms. The molecule has 84 valence electrons. The van der Waals surface area contributed by atoms with E-state index in [2.05, 4.69) is 6.58 Å². The van der Waals surface area contributed by atoms with E-state index in [-0.39, 0.29) is 12.2 Å². The summed E-state index contributed by atoms with van der Waals surface area (Å²) in [6, 6.07) is 0. The van der Waals surface area contributed by atoms with Gasteiger partial charge in [-0.2, -0.15) is 0 Å². The van der Waals surface area contributed by atoms with Gasteiger partial charge >= 0.3 is 5.97 Å². The van der Waals surface area contributed by atoms with Gasteiger partial charge in [-0.15, -0.1) is 6.58 Å². The minimum absolute atomic E-state index is 0.00505.